The Kier molecular flexibility index (Phi) is 1.00. The molecule has 0 aliphatic carbocycles. The van der Waals surface area contributed by atoms with Gasteiger partial charge in [0.05, 0.1) is 0 Å². The van der Waals surface area contributed by atoms with Gasteiger partial charge in [0.15, 0.2) is 5.65 Å². The summed E-state index contributed by atoms with van der Waals surface area (Å²) in [5.74, 6) is 5.75. The lowest BCUT2D eigenvalue weighted by Crippen LogP contribution is -2.07. The van der Waals surface area contributed by atoms with Crippen LogP contribution in [0.15, 0.2) is 18.5 Å². The van der Waals surface area contributed by atoms with Gasteiger partial charge in [-0.05, 0) is 6.07 Å². The van der Waals surface area contributed by atoms with Crippen molar-refractivity contribution in [1.82, 2.24) is 14.6 Å². The molecular weight excluding hydrogens is 142 g/mol. The van der Waals surface area contributed by atoms with Crippen LogP contribution < -0.4 is 11.6 Å². The molecule has 0 radical (unpaired) electrons. The molecule has 2 rings (SSSR count). The van der Waals surface area contributed by atoms with Gasteiger partial charge in [0.25, 0.3) is 0 Å². The highest BCUT2D eigenvalue weighted by atomic mass is 15.3. The molecule has 5 nitrogen and oxygen atoms in total. The summed E-state index contributed by atoms with van der Waals surface area (Å²) < 4.78 is 1.41. The summed E-state index contributed by atoms with van der Waals surface area (Å²) >= 11 is 0. The first-order chi connectivity index (χ1) is 5.27. The molecule has 0 aliphatic heterocycles. The zero-order valence-corrected chi connectivity index (χ0v) is 5.73. The zero-order chi connectivity index (χ0) is 7.84. The Hall–Kier alpha value is -1.78. The largest absolute Gasteiger partial charge is 0.368 e. The molecule has 4 N–H and O–H groups in total. The van der Waals surface area contributed by atoms with Gasteiger partial charge in [0, 0.05) is 17.8 Å². The number of nitrogens with two attached hydrogens (primary N) is 2. The summed E-state index contributed by atoms with van der Waals surface area (Å²) in [6.45, 7) is 0. The Morgan fingerprint density at radius 3 is 3.09 bits per heavy atom. The van der Waals surface area contributed by atoms with E-state index in [0.29, 0.717) is 5.65 Å². The van der Waals surface area contributed by atoms with Crippen LogP contribution in [0.1, 0.15) is 0 Å². The lowest BCUT2D eigenvalue weighted by Gasteiger charge is -1.94. The van der Waals surface area contributed by atoms with E-state index in [2.05, 4.69) is 9.97 Å². The van der Waals surface area contributed by atoms with Crippen molar-refractivity contribution < 1.29 is 0 Å². The van der Waals surface area contributed by atoms with Gasteiger partial charge in [-0.2, -0.15) is 4.98 Å². The Morgan fingerprint density at radius 2 is 2.27 bits per heavy atom. The normalized spacial score (nSPS) is 10.5. The van der Waals surface area contributed by atoms with E-state index >= 15 is 0 Å². The van der Waals surface area contributed by atoms with Gasteiger partial charge in [-0.15, -0.1) is 0 Å². The molecule has 56 valence electrons. The molecule has 0 saturated heterocycles. The van der Waals surface area contributed by atoms with E-state index in [1.807, 2.05) is 6.07 Å². The summed E-state index contributed by atoms with van der Waals surface area (Å²) in [7, 11) is 0. The van der Waals surface area contributed by atoms with E-state index < -0.39 is 0 Å². The Morgan fingerprint density at radius 1 is 1.45 bits per heavy atom. The third kappa shape index (κ3) is 0.778. The van der Waals surface area contributed by atoms with Crippen molar-refractivity contribution in [3.63, 3.8) is 0 Å². The molecule has 0 bridgehead atoms. The smallest absolute Gasteiger partial charge is 0.222 e. The van der Waals surface area contributed by atoms with Gasteiger partial charge in [-0.25, -0.2) is 4.98 Å². The highest BCUT2D eigenvalue weighted by molar-refractivity contribution is 5.75. The van der Waals surface area contributed by atoms with Gasteiger partial charge < -0.3 is 11.6 Å². The van der Waals surface area contributed by atoms with Crippen molar-refractivity contribution in [2.24, 2.45) is 0 Å². The van der Waals surface area contributed by atoms with E-state index in [9.17, 15) is 0 Å². The van der Waals surface area contributed by atoms with Gasteiger partial charge in [0.2, 0.25) is 5.95 Å². The first-order valence-electron chi connectivity index (χ1n) is 3.12. The first-order valence-corrected chi connectivity index (χ1v) is 3.12. The number of anilines is 1. The molecule has 2 heterocycles. The highest BCUT2D eigenvalue weighted by Gasteiger charge is 1.99. The SMILES string of the molecule is Nc1ncc2ccn(N)c2n1. The third-order valence-corrected chi connectivity index (χ3v) is 1.47. The molecule has 5 heteroatoms. The predicted octanol–water partition coefficient (Wildman–Crippen LogP) is -0.273. The van der Waals surface area contributed by atoms with Crippen LogP contribution in [0.4, 0.5) is 5.95 Å². The molecule has 0 fully saturated rings. The minimum atomic E-state index is 0.239. The van der Waals surface area contributed by atoms with Crippen molar-refractivity contribution >= 4 is 17.0 Å². The second kappa shape index (κ2) is 1.85. The number of nitrogen functional groups attached to an aromatic ring is 2. The number of nitrogens with zero attached hydrogens (tertiary/aromatic N) is 3. The summed E-state index contributed by atoms with van der Waals surface area (Å²) in [4.78, 5) is 7.76. The minimum absolute atomic E-state index is 0.239. The Bertz CT molecular complexity index is 391. The third-order valence-electron chi connectivity index (χ3n) is 1.47. The van der Waals surface area contributed by atoms with Crippen molar-refractivity contribution in [1.29, 1.82) is 0 Å². The molecule has 0 aliphatic rings. The predicted molar refractivity (Wildman–Crippen MR) is 42.1 cm³/mol. The van der Waals surface area contributed by atoms with Crippen molar-refractivity contribution in [3.8, 4) is 0 Å². The number of hydrogen-bond acceptors (Lipinski definition) is 4. The number of aromatic nitrogens is 3. The van der Waals surface area contributed by atoms with Gasteiger partial charge >= 0.3 is 0 Å². The topological polar surface area (TPSA) is 82.8 Å². The fraction of sp³-hybridized carbons (Fsp3) is 0. The van der Waals surface area contributed by atoms with Crippen LogP contribution in [0.2, 0.25) is 0 Å². The number of hydrogen-bond donors (Lipinski definition) is 2. The molecule has 2 aromatic rings. The summed E-state index contributed by atoms with van der Waals surface area (Å²) in [6, 6.07) is 1.83. The summed E-state index contributed by atoms with van der Waals surface area (Å²) in [6.07, 6.45) is 3.35. The molecule has 0 amide bonds. The number of fused-ring (bicyclic) bond motifs is 1. The molecule has 0 saturated carbocycles. The molecule has 0 aromatic carbocycles. The standard InChI is InChI=1S/C6H7N5/c7-6-9-3-4-1-2-11(8)5(4)10-6/h1-3H,8H2,(H2,7,9,10). The fourth-order valence-electron chi connectivity index (χ4n) is 0.951. The minimum Gasteiger partial charge on any atom is -0.368 e. The van der Waals surface area contributed by atoms with Crippen LogP contribution in [-0.4, -0.2) is 14.6 Å². The second-order valence-electron chi connectivity index (χ2n) is 2.23. The lowest BCUT2D eigenvalue weighted by molar-refractivity contribution is 1.03. The molecule has 0 atom stereocenters. The quantitative estimate of drug-likeness (QED) is 0.505. The van der Waals surface area contributed by atoms with Crippen LogP contribution in [-0.2, 0) is 0 Å². The molecular formula is C6H7N5. The van der Waals surface area contributed by atoms with Crippen molar-refractivity contribution in [2.45, 2.75) is 0 Å². The van der Waals surface area contributed by atoms with E-state index in [1.54, 1.807) is 12.4 Å². The Labute approximate surface area is 62.6 Å². The maximum atomic E-state index is 5.52. The first kappa shape index (κ1) is 5.96. The highest BCUT2D eigenvalue weighted by Crippen LogP contribution is 2.09. The van der Waals surface area contributed by atoms with Gasteiger partial charge in [0.1, 0.15) is 0 Å². The van der Waals surface area contributed by atoms with Crippen LogP contribution >= 0.6 is 0 Å². The van der Waals surface area contributed by atoms with Crippen molar-refractivity contribution in [3.05, 3.63) is 18.5 Å². The lowest BCUT2D eigenvalue weighted by atomic mass is 10.4. The monoisotopic (exact) mass is 149 g/mol. The molecule has 0 spiro atoms. The van der Waals surface area contributed by atoms with Gasteiger partial charge in [-0.3, -0.25) is 4.68 Å². The second-order valence-corrected chi connectivity index (χ2v) is 2.23. The Balaban J connectivity index is 2.87. The van der Waals surface area contributed by atoms with Crippen molar-refractivity contribution in [2.75, 3.05) is 11.6 Å². The van der Waals surface area contributed by atoms with Crippen LogP contribution in [0.3, 0.4) is 0 Å². The zero-order valence-electron chi connectivity index (χ0n) is 5.73. The average molecular weight is 149 g/mol. The fourth-order valence-corrected chi connectivity index (χ4v) is 0.951. The van der Waals surface area contributed by atoms with Gasteiger partial charge in [-0.1, -0.05) is 0 Å². The maximum absolute atomic E-state index is 5.52. The van der Waals surface area contributed by atoms with E-state index in [4.69, 9.17) is 11.6 Å². The van der Waals surface area contributed by atoms with E-state index in [-0.39, 0.29) is 5.95 Å². The molecule has 2 aromatic heterocycles. The maximum Gasteiger partial charge on any atom is 0.222 e. The molecule has 11 heavy (non-hydrogen) atoms. The van der Waals surface area contributed by atoms with Crippen LogP contribution in [0, 0.1) is 0 Å². The molecule has 0 unspecified atom stereocenters. The van der Waals surface area contributed by atoms with Crippen LogP contribution in [0.25, 0.3) is 11.0 Å². The van der Waals surface area contributed by atoms with E-state index in [0.717, 1.165) is 5.39 Å². The summed E-state index contributed by atoms with van der Waals surface area (Å²) in [5, 5.41) is 0.890. The number of rotatable bonds is 0. The summed E-state index contributed by atoms with van der Waals surface area (Å²) in [5.41, 5.74) is 6.01. The van der Waals surface area contributed by atoms with Crippen LogP contribution in [0.5, 0.6) is 0 Å². The van der Waals surface area contributed by atoms with E-state index in [1.165, 1.54) is 4.68 Å². The average Bonchev–Trinajstić information content (AvgIpc) is 2.33.